The summed E-state index contributed by atoms with van der Waals surface area (Å²) in [4.78, 5) is 47.5. The number of rotatable bonds is 14. The number of methoxy groups -OCH3 is 1. The van der Waals surface area contributed by atoms with Gasteiger partial charge in [-0.25, -0.2) is 0 Å². The summed E-state index contributed by atoms with van der Waals surface area (Å²) in [6.45, 7) is 0.341. The number of ether oxygens (including phenoxy) is 3. The number of nitrogens with zero attached hydrogens (tertiary/aromatic N) is 1. The van der Waals surface area contributed by atoms with Gasteiger partial charge in [-0.15, -0.1) is 0 Å². The molecule has 0 aliphatic carbocycles. The van der Waals surface area contributed by atoms with Gasteiger partial charge in [0.05, 0.1) is 13.5 Å². The standard InChI is InChI=1S/C28H28FNO10Se/c1-38-21-10-16-13-30(24(33)4-6-26(36)37)14-17(16)27(29)28(21)40-8-2-7-39-20-9-15-11-23(18(31)3-5-25(34)35)41-22(15)12-19(20)32/h9-12,32H,2-8,13-14H2,1H3,(H,34,35)(H,36,37). The number of carbonyl (C=O) groups excluding carboxylic acids is 2. The second-order valence-corrected chi connectivity index (χ2v) is 11.6. The van der Waals surface area contributed by atoms with Crippen molar-refractivity contribution in [1.29, 1.82) is 0 Å². The van der Waals surface area contributed by atoms with E-state index in [0.29, 0.717) is 22.0 Å². The molecule has 11 nitrogen and oxygen atoms in total. The minimum absolute atomic E-state index is 0.00327. The number of phenols is 1. The fourth-order valence-corrected chi connectivity index (χ4v) is 6.56. The summed E-state index contributed by atoms with van der Waals surface area (Å²) in [6.07, 6.45) is -0.462. The molecule has 0 saturated carbocycles. The Labute approximate surface area is 239 Å². The van der Waals surface area contributed by atoms with Crippen molar-refractivity contribution in [2.24, 2.45) is 0 Å². The maximum Gasteiger partial charge on any atom is 0.303 e. The number of amides is 1. The number of carboxylic acid groups (broad SMARTS) is 2. The summed E-state index contributed by atoms with van der Waals surface area (Å²) in [5.74, 6) is -3.18. The van der Waals surface area contributed by atoms with E-state index >= 15 is 4.39 Å². The van der Waals surface area contributed by atoms with Gasteiger partial charge in [0.1, 0.15) is 0 Å². The molecule has 0 unspecified atom stereocenters. The molecule has 1 aromatic heterocycles. The molecule has 0 fully saturated rings. The van der Waals surface area contributed by atoms with E-state index in [1.165, 1.54) is 18.1 Å². The Bertz CT molecular complexity index is 1500. The Kier molecular flexibility index (Phi) is 9.51. The number of carboxylic acids is 2. The van der Waals surface area contributed by atoms with Gasteiger partial charge in [0.25, 0.3) is 0 Å². The summed E-state index contributed by atoms with van der Waals surface area (Å²) in [6, 6.07) is 6.46. The maximum atomic E-state index is 15.3. The van der Waals surface area contributed by atoms with E-state index in [-0.39, 0.29) is 101 Å². The largest absolute Gasteiger partial charge is 0.481 e. The van der Waals surface area contributed by atoms with Crippen LogP contribution >= 0.6 is 0 Å². The van der Waals surface area contributed by atoms with Gasteiger partial charge in [-0.05, 0) is 5.56 Å². The fourth-order valence-electron chi connectivity index (χ4n) is 4.36. The van der Waals surface area contributed by atoms with Crippen molar-refractivity contribution in [2.75, 3.05) is 20.3 Å². The molecule has 1 amide bonds. The first-order valence-corrected chi connectivity index (χ1v) is 14.4. The SMILES string of the molecule is COc1cc2c(c(F)c1OCCCOc1cc3cc(C(=O)CCC(=O)O)[se]c3cc1O)CN(C(=O)CCC(=O)O)C2. The third-order valence-corrected chi connectivity index (χ3v) is 8.84. The van der Waals surface area contributed by atoms with Crippen molar-refractivity contribution >= 4 is 47.8 Å². The number of aromatic hydroxyl groups is 1. The number of phenolic OH excluding ortho intramolecular Hbond substituents is 1. The number of ketones is 1. The molecule has 1 aliphatic heterocycles. The van der Waals surface area contributed by atoms with E-state index in [1.54, 1.807) is 18.2 Å². The summed E-state index contributed by atoms with van der Waals surface area (Å²) in [5.41, 5.74) is 0.854. The smallest absolute Gasteiger partial charge is 0.303 e. The molecule has 41 heavy (non-hydrogen) atoms. The Balaban J connectivity index is 1.34. The van der Waals surface area contributed by atoms with Crippen LogP contribution < -0.4 is 14.2 Å². The van der Waals surface area contributed by atoms with Crippen molar-refractivity contribution in [3.05, 3.63) is 45.6 Å². The molecule has 218 valence electrons. The van der Waals surface area contributed by atoms with Crippen LogP contribution in [0.4, 0.5) is 4.39 Å². The molecule has 4 rings (SSSR count). The monoisotopic (exact) mass is 637 g/mol. The van der Waals surface area contributed by atoms with Crippen molar-refractivity contribution in [1.82, 2.24) is 4.90 Å². The Morgan fingerprint density at radius 1 is 0.927 bits per heavy atom. The molecule has 0 bridgehead atoms. The molecular weight excluding hydrogens is 608 g/mol. The molecule has 0 spiro atoms. The molecule has 0 atom stereocenters. The minimum Gasteiger partial charge on any atom is -0.481 e. The van der Waals surface area contributed by atoms with Crippen LogP contribution in [0.25, 0.3) is 9.65 Å². The Morgan fingerprint density at radius 2 is 1.63 bits per heavy atom. The predicted octanol–water partition coefficient (Wildman–Crippen LogP) is 3.35. The molecule has 13 heteroatoms. The number of hydrogen-bond donors (Lipinski definition) is 3. The molecular formula is C28H28FNO10Se. The molecule has 3 N–H and O–H groups in total. The third kappa shape index (κ3) is 7.17. The van der Waals surface area contributed by atoms with Gasteiger partial charge in [0, 0.05) is 19.5 Å². The van der Waals surface area contributed by atoms with Gasteiger partial charge in [-0.3, -0.25) is 9.59 Å². The number of fused-ring (bicyclic) bond motifs is 2. The third-order valence-electron chi connectivity index (χ3n) is 6.45. The number of Topliss-reactive ketones (excluding diaryl/α,β-unsaturated/α-hetero) is 1. The maximum absolute atomic E-state index is 15.3. The second kappa shape index (κ2) is 13.0. The van der Waals surface area contributed by atoms with Crippen molar-refractivity contribution in [3.8, 4) is 23.0 Å². The van der Waals surface area contributed by atoms with Gasteiger partial charge in [-0.1, -0.05) is 0 Å². The molecule has 3 aromatic rings. The van der Waals surface area contributed by atoms with Crippen LogP contribution in [0.5, 0.6) is 23.0 Å². The van der Waals surface area contributed by atoms with Crippen LogP contribution in [-0.2, 0) is 27.5 Å². The van der Waals surface area contributed by atoms with E-state index in [9.17, 15) is 24.3 Å². The molecule has 2 heterocycles. The Morgan fingerprint density at radius 3 is 2.34 bits per heavy atom. The van der Waals surface area contributed by atoms with Crippen molar-refractivity contribution < 1.29 is 53.1 Å². The van der Waals surface area contributed by atoms with E-state index in [4.69, 9.17) is 24.4 Å². The predicted molar refractivity (Wildman–Crippen MR) is 143 cm³/mol. The van der Waals surface area contributed by atoms with Crippen LogP contribution in [0, 0.1) is 5.82 Å². The normalized spacial score (nSPS) is 12.3. The average Bonchev–Trinajstić information content (AvgIpc) is 3.55. The summed E-state index contributed by atoms with van der Waals surface area (Å²) < 4.78 is 33.3. The van der Waals surface area contributed by atoms with Crippen LogP contribution in [0.1, 0.15) is 52.5 Å². The molecule has 0 radical (unpaired) electrons. The zero-order valence-corrected chi connectivity index (χ0v) is 23.8. The van der Waals surface area contributed by atoms with Crippen molar-refractivity contribution in [2.45, 2.75) is 45.2 Å². The van der Waals surface area contributed by atoms with E-state index in [0.717, 1.165) is 9.65 Å². The van der Waals surface area contributed by atoms with Gasteiger partial charge < -0.3 is 10.0 Å². The summed E-state index contributed by atoms with van der Waals surface area (Å²) in [5, 5.41) is 28.7. The zero-order chi connectivity index (χ0) is 29.7. The first kappa shape index (κ1) is 29.9. The summed E-state index contributed by atoms with van der Waals surface area (Å²) in [7, 11) is 1.37. The zero-order valence-electron chi connectivity index (χ0n) is 22.1. The quantitative estimate of drug-likeness (QED) is 0.136. The number of aliphatic carboxylic acids is 2. The topological polar surface area (TPSA) is 160 Å². The Hall–Kier alpha value is -4.09. The van der Waals surface area contributed by atoms with E-state index < -0.39 is 17.8 Å². The average molecular weight is 636 g/mol. The van der Waals surface area contributed by atoms with Gasteiger partial charge in [0.15, 0.2) is 0 Å². The number of benzene rings is 2. The minimum atomic E-state index is -1.08. The second-order valence-electron chi connectivity index (χ2n) is 9.34. The first-order chi connectivity index (χ1) is 19.6. The molecule has 0 saturated heterocycles. The number of hydrogen-bond acceptors (Lipinski definition) is 8. The van der Waals surface area contributed by atoms with E-state index in [1.807, 2.05) is 0 Å². The number of carbonyl (C=O) groups is 4. The van der Waals surface area contributed by atoms with Crippen LogP contribution in [0.3, 0.4) is 0 Å². The van der Waals surface area contributed by atoms with Crippen molar-refractivity contribution in [3.63, 3.8) is 0 Å². The van der Waals surface area contributed by atoms with Gasteiger partial charge in [0.2, 0.25) is 5.91 Å². The number of halogens is 1. The molecule has 1 aliphatic rings. The van der Waals surface area contributed by atoms with E-state index in [2.05, 4.69) is 0 Å². The van der Waals surface area contributed by atoms with Crippen LogP contribution in [0.15, 0.2) is 24.3 Å². The van der Waals surface area contributed by atoms with Crippen LogP contribution in [0.2, 0.25) is 0 Å². The fraction of sp³-hybridized carbons (Fsp3) is 0.357. The van der Waals surface area contributed by atoms with Gasteiger partial charge >= 0.3 is 176 Å². The van der Waals surface area contributed by atoms with Gasteiger partial charge in [-0.2, -0.15) is 0 Å². The first-order valence-electron chi connectivity index (χ1n) is 12.7. The summed E-state index contributed by atoms with van der Waals surface area (Å²) >= 11 is -0.337. The molecule has 2 aromatic carbocycles. The van der Waals surface area contributed by atoms with Crippen LogP contribution in [-0.4, -0.2) is 78.7 Å².